The molecular weight excluding hydrogens is 398 g/mol. The highest BCUT2D eigenvalue weighted by atomic mass is 32.2. The number of aromatic hydroxyl groups is 1. The Kier molecular flexibility index (Phi) is 5.76. The van der Waals surface area contributed by atoms with Crippen LogP contribution < -0.4 is 9.47 Å². The van der Waals surface area contributed by atoms with E-state index in [2.05, 4.69) is 9.50 Å². The average Bonchev–Trinajstić information content (AvgIpc) is 2.96. The van der Waals surface area contributed by atoms with Gasteiger partial charge in [0.1, 0.15) is 10.6 Å². The van der Waals surface area contributed by atoms with Gasteiger partial charge in [0.15, 0.2) is 17.3 Å². The summed E-state index contributed by atoms with van der Waals surface area (Å²) in [5, 5.41) is 24.8. The average molecular weight is 419 g/mol. The Morgan fingerprint density at radius 2 is 1.90 bits per heavy atom. The van der Waals surface area contributed by atoms with E-state index in [-0.39, 0.29) is 41.1 Å². The van der Waals surface area contributed by atoms with Crippen LogP contribution in [-0.4, -0.2) is 63.1 Å². The molecule has 0 aliphatic carbocycles. The van der Waals surface area contributed by atoms with Gasteiger partial charge in [0.25, 0.3) is 10.0 Å². The van der Waals surface area contributed by atoms with E-state index in [1.165, 1.54) is 31.5 Å². The summed E-state index contributed by atoms with van der Waals surface area (Å²) in [4.78, 5) is -0.0231. The number of nitrogens with zero attached hydrogens (tertiary/aromatic N) is 3. The second kappa shape index (κ2) is 8.10. The number of hydrazone groups is 1. The Morgan fingerprint density at radius 1 is 1.17 bits per heavy atom. The normalized spacial score (nSPS) is 14.6. The van der Waals surface area contributed by atoms with E-state index in [1.54, 1.807) is 24.3 Å². The van der Waals surface area contributed by atoms with Gasteiger partial charge < -0.3 is 19.7 Å². The summed E-state index contributed by atoms with van der Waals surface area (Å²) < 4.78 is 39.4. The van der Waals surface area contributed by atoms with E-state index in [1.807, 2.05) is 6.92 Å². The molecule has 0 bridgehead atoms. The zero-order valence-corrected chi connectivity index (χ0v) is 17.0. The van der Waals surface area contributed by atoms with Crippen molar-refractivity contribution in [3.63, 3.8) is 0 Å². The number of benzene rings is 2. The molecule has 0 aromatic heterocycles. The first-order valence-electron chi connectivity index (χ1n) is 8.64. The van der Waals surface area contributed by atoms with Gasteiger partial charge in [-0.1, -0.05) is 0 Å². The fraction of sp³-hybridized carbons (Fsp3) is 0.263. The third-order valence-corrected chi connectivity index (χ3v) is 5.58. The Balaban J connectivity index is 2.04. The molecule has 0 radical (unpaired) electrons. The van der Waals surface area contributed by atoms with Crippen molar-refractivity contribution < 1.29 is 28.1 Å². The minimum absolute atomic E-state index is 0.0142. The maximum atomic E-state index is 12.6. The minimum Gasteiger partial charge on any atom is -0.504 e. The van der Waals surface area contributed by atoms with Crippen molar-refractivity contribution in [2.75, 3.05) is 27.4 Å². The van der Waals surface area contributed by atoms with Gasteiger partial charge in [0.05, 0.1) is 33.6 Å². The fourth-order valence-electron chi connectivity index (χ4n) is 2.94. The van der Waals surface area contributed by atoms with E-state index in [0.717, 1.165) is 5.56 Å². The number of phenolic OH excluding ortho intramolecular Hbond substituents is 1. The molecule has 0 amide bonds. The summed E-state index contributed by atoms with van der Waals surface area (Å²) >= 11 is 0. The lowest BCUT2D eigenvalue weighted by Gasteiger charge is -2.18. The summed E-state index contributed by atoms with van der Waals surface area (Å²) in [6.45, 7) is 1.57. The molecule has 0 saturated carbocycles. The molecule has 1 aliphatic heterocycles. The Labute approximate surface area is 168 Å². The summed E-state index contributed by atoms with van der Waals surface area (Å²) in [7, 11) is -1.14. The molecular formula is C19H21N3O6S. The van der Waals surface area contributed by atoms with Gasteiger partial charge in [-0.2, -0.15) is 13.5 Å². The molecule has 2 aromatic rings. The van der Waals surface area contributed by atoms with E-state index in [9.17, 15) is 18.6 Å². The van der Waals surface area contributed by atoms with Crippen LogP contribution in [0.3, 0.4) is 0 Å². The number of sulfonamides is 1. The maximum Gasteiger partial charge on any atom is 0.288 e. The number of phenols is 1. The molecule has 0 spiro atoms. The molecule has 1 heterocycles. The number of ether oxygens (including phenoxy) is 2. The number of fused-ring (bicyclic) bond motifs is 1. The number of hydrogen-bond acceptors (Lipinski definition) is 8. The lowest BCUT2D eigenvalue weighted by molar-refractivity contribution is 0.254. The zero-order chi connectivity index (χ0) is 21.2. The minimum atomic E-state index is -3.96. The Morgan fingerprint density at radius 3 is 2.55 bits per heavy atom. The zero-order valence-electron chi connectivity index (χ0n) is 16.2. The molecule has 2 N–H and O–H groups in total. The Bertz CT molecular complexity index is 1100. The highest BCUT2D eigenvalue weighted by Crippen LogP contribution is 2.36. The van der Waals surface area contributed by atoms with Crippen molar-refractivity contribution in [3.05, 3.63) is 47.0 Å². The van der Waals surface area contributed by atoms with E-state index in [4.69, 9.17) is 9.47 Å². The Hall–Kier alpha value is -3.11. The highest BCUT2D eigenvalue weighted by Gasteiger charge is 2.35. The number of aliphatic hydroxyl groups excluding tert-OH is 1. The number of amidine groups is 1. The van der Waals surface area contributed by atoms with E-state index >= 15 is 0 Å². The fourth-order valence-corrected chi connectivity index (χ4v) is 4.28. The van der Waals surface area contributed by atoms with Gasteiger partial charge in [0, 0.05) is 5.56 Å². The predicted molar refractivity (Wildman–Crippen MR) is 107 cm³/mol. The van der Waals surface area contributed by atoms with Crippen LogP contribution in [0.25, 0.3) is 0 Å². The predicted octanol–water partition coefficient (Wildman–Crippen LogP) is 1.50. The molecule has 29 heavy (non-hydrogen) atoms. The number of hydrogen-bond donors (Lipinski definition) is 2. The summed E-state index contributed by atoms with van der Waals surface area (Å²) in [6, 6.07) is 7.96. The number of aryl methyl sites for hydroxylation is 1. The monoisotopic (exact) mass is 419 g/mol. The molecule has 3 rings (SSSR count). The number of aliphatic hydroxyl groups is 1. The van der Waals surface area contributed by atoms with Crippen molar-refractivity contribution in [2.45, 2.75) is 11.8 Å². The van der Waals surface area contributed by atoms with Crippen LogP contribution in [0.2, 0.25) is 0 Å². The first-order valence-corrected chi connectivity index (χ1v) is 10.1. The van der Waals surface area contributed by atoms with E-state index < -0.39 is 10.0 Å². The van der Waals surface area contributed by atoms with Crippen LogP contribution in [0.1, 0.15) is 16.7 Å². The summed E-state index contributed by atoms with van der Waals surface area (Å²) in [5.74, 6) is 0.557. The third-order valence-electron chi connectivity index (χ3n) is 4.23. The standard InChI is InChI=1S/C19H21N3O6S/c1-12-8-14-18(17(9-12)28-3)29(25,26)21-19(14)22(6-7-23)20-11-13-4-5-15(24)16(10-13)27-2/h4-5,8-11,23-24H,6-7H2,1-3H3/b20-11+. The lowest BCUT2D eigenvalue weighted by atomic mass is 10.1. The second-order valence-electron chi connectivity index (χ2n) is 6.26. The number of rotatable bonds is 6. The van der Waals surface area contributed by atoms with Crippen LogP contribution in [0, 0.1) is 6.92 Å². The smallest absolute Gasteiger partial charge is 0.288 e. The van der Waals surface area contributed by atoms with Crippen LogP contribution in [0.15, 0.2) is 44.7 Å². The van der Waals surface area contributed by atoms with Gasteiger partial charge in [-0.25, -0.2) is 5.01 Å². The first kappa shape index (κ1) is 20.6. The van der Waals surface area contributed by atoms with E-state index in [0.29, 0.717) is 11.1 Å². The molecule has 9 nitrogen and oxygen atoms in total. The molecule has 2 aromatic carbocycles. The molecule has 0 atom stereocenters. The summed E-state index contributed by atoms with van der Waals surface area (Å²) in [6.07, 6.45) is 1.46. The van der Waals surface area contributed by atoms with Crippen LogP contribution >= 0.6 is 0 Å². The SMILES string of the molecule is COc1cc(/C=N/N(CCO)C2=NS(=O)(=O)c3c(OC)cc(C)cc32)ccc1O. The van der Waals surface area contributed by atoms with Crippen LogP contribution in [0.4, 0.5) is 0 Å². The van der Waals surface area contributed by atoms with Crippen molar-refractivity contribution in [3.8, 4) is 17.2 Å². The van der Waals surface area contributed by atoms with Gasteiger partial charge in [-0.3, -0.25) is 0 Å². The first-order chi connectivity index (χ1) is 13.8. The van der Waals surface area contributed by atoms with Crippen molar-refractivity contribution in [1.82, 2.24) is 5.01 Å². The largest absolute Gasteiger partial charge is 0.504 e. The topological polar surface area (TPSA) is 121 Å². The molecule has 0 saturated heterocycles. The van der Waals surface area contributed by atoms with Gasteiger partial charge in [-0.05, 0) is 48.4 Å². The number of methoxy groups -OCH3 is 2. The van der Waals surface area contributed by atoms with Crippen LogP contribution in [-0.2, 0) is 10.0 Å². The van der Waals surface area contributed by atoms with Crippen molar-refractivity contribution in [1.29, 1.82) is 0 Å². The molecule has 0 unspecified atom stereocenters. The van der Waals surface area contributed by atoms with Gasteiger partial charge >= 0.3 is 0 Å². The second-order valence-corrected chi connectivity index (χ2v) is 7.80. The van der Waals surface area contributed by atoms with Crippen LogP contribution in [0.5, 0.6) is 17.2 Å². The molecule has 154 valence electrons. The maximum absolute atomic E-state index is 12.6. The van der Waals surface area contributed by atoms with Gasteiger partial charge in [-0.15, -0.1) is 4.40 Å². The quantitative estimate of drug-likeness (QED) is 0.537. The third kappa shape index (κ3) is 4.03. The molecule has 1 aliphatic rings. The lowest BCUT2D eigenvalue weighted by Crippen LogP contribution is -2.29. The highest BCUT2D eigenvalue weighted by molar-refractivity contribution is 7.90. The molecule has 10 heteroatoms. The van der Waals surface area contributed by atoms with Gasteiger partial charge in [0.2, 0.25) is 0 Å². The van der Waals surface area contributed by atoms with Crippen molar-refractivity contribution >= 4 is 22.1 Å². The van der Waals surface area contributed by atoms with Crippen molar-refractivity contribution in [2.24, 2.45) is 9.50 Å². The molecule has 0 fully saturated rings. The summed E-state index contributed by atoms with van der Waals surface area (Å²) in [5.41, 5.74) is 1.75.